The van der Waals surface area contributed by atoms with Crippen LogP contribution >= 0.6 is 0 Å². The van der Waals surface area contributed by atoms with Crippen molar-refractivity contribution in [2.45, 2.75) is 6.42 Å². The van der Waals surface area contributed by atoms with Crippen LogP contribution in [-0.2, 0) is 19.6 Å². The first-order valence-electron chi connectivity index (χ1n) is 11.1. The third-order valence-corrected chi connectivity index (χ3v) is 7.99. The molecule has 2 aromatic rings. The number of rotatable bonds is 7. The fraction of sp³-hybridized carbons (Fsp3) is 0.391. The normalized spacial score (nSPS) is 19.5. The number of anilines is 2. The van der Waals surface area contributed by atoms with Gasteiger partial charge in [0.2, 0.25) is 21.8 Å². The van der Waals surface area contributed by atoms with Crippen LogP contribution in [0, 0.1) is 17.6 Å². The Bertz CT molecular complexity index is 1150. The quantitative estimate of drug-likeness (QED) is 0.634. The first-order chi connectivity index (χ1) is 16.2. The van der Waals surface area contributed by atoms with E-state index in [-0.39, 0.29) is 50.1 Å². The highest BCUT2D eigenvalue weighted by atomic mass is 32.2. The maximum absolute atomic E-state index is 14.0. The van der Waals surface area contributed by atoms with Crippen molar-refractivity contribution in [2.24, 2.45) is 5.92 Å². The molecule has 0 bridgehead atoms. The van der Waals surface area contributed by atoms with Crippen molar-refractivity contribution in [1.82, 2.24) is 9.62 Å². The molecule has 0 aromatic heterocycles. The summed E-state index contributed by atoms with van der Waals surface area (Å²) in [6, 6.07) is 11.8. The summed E-state index contributed by atoms with van der Waals surface area (Å²) in [5, 5.41) is 2.62. The van der Waals surface area contributed by atoms with Gasteiger partial charge in [-0.25, -0.2) is 17.2 Å². The van der Waals surface area contributed by atoms with Crippen LogP contribution in [0.4, 0.5) is 20.2 Å². The Morgan fingerprint density at radius 1 is 1.00 bits per heavy atom. The fourth-order valence-electron chi connectivity index (χ4n) is 4.25. The second kappa shape index (κ2) is 10.1. The number of halogens is 2. The average molecular weight is 493 g/mol. The maximum atomic E-state index is 14.0. The SMILES string of the molecule is O=C(NCCS(=O)(=O)N1CCN(c2ccccc2F)CC1)[C@H]1CC(=O)N(c2ccc(F)cc2)C1. The summed E-state index contributed by atoms with van der Waals surface area (Å²) >= 11 is 0. The highest BCUT2D eigenvalue weighted by molar-refractivity contribution is 7.89. The predicted octanol–water partition coefficient (Wildman–Crippen LogP) is 1.59. The van der Waals surface area contributed by atoms with Gasteiger partial charge in [-0.1, -0.05) is 12.1 Å². The average Bonchev–Trinajstić information content (AvgIpc) is 3.21. The number of carbonyl (C=O) groups excluding carboxylic acids is 2. The van der Waals surface area contributed by atoms with Crippen molar-refractivity contribution in [2.75, 3.05) is 54.8 Å². The molecule has 2 aliphatic heterocycles. The Balaban J connectivity index is 1.24. The van der Waals surface area contributed by atoms with E-state index in [1.54, 1.807) is 18.2 Å². The molecular weight excluding hydrogens is 466 g/mol. The molecule has 34 heavy (non-hydrogen) atoms. The molecule has 182 valence electrons. The van der Waals surface area contributed by atoms with Gasteiger partial charge in [0.25, 0.3) is 0 Å². The van der Waals surface area contributed by atoms with Gasteiger partial charge in [-0.15, -0.1) is 0 Å². The lowest BCUT2D eigenvalue weighted by Crippen LogP contribution is -2.50. The van der Waals surface area contributed by atoms with Gasteiger partial charge >= 0.3 is 0 Å². The lowest BCUT2D eigenvalue weighted by molar-refractivity contribution is -0.126. The second-order valence-electron chi connectivity index (χ2n) is 8.33. The van der Waals surface area contributed by atoms with Crippen molar-refractivity contribution in [3.8, 4) is 0 Å². The van der Waals surface area contributed by atoms with Gasteiger partial charge in [-0.05, 0) is 36.4 Å². The number of benzene rings is 2. The Morgan fingerprint density at radius 2 is 1.68 bits per heavy atom. The van der Waals surface area contributed by atoms with E-state index in [4.69, 9.17) is 0 Å². The van der Waals surface area contributed by atoms with Crippen molar-refractivity contribution in [3.63, 3.8) is 0 Å². The number of amides is 2. The predicted molar refractivity (Wildman–Crippen MR) is 124 cm³/mol. The van der Waals surface area contributed by atoms with E-state index in [0.29, 0.717) is 24.5 Å². The van der Waals surface area contributed by atoms with Crippen molar-refractivity contribution < 1.29 is 26.8 Å². The highest BCUT2D eigenvalue weighted by Gasteiger charge is 2.35. The number of hydrogen-bond donors (Lipinski definition) is 1. The first-order valence-corrected chi connectivity index (χ1v) is 12.7. The molecule has 0 aliphatic carbocycles. The summed E-state index contributed by atoms with van der Waals surface area (Å²) in [5.74, 6) is -2.26. The molecule has 0 radical (unpaired) electrons. The number of carbonyl (C=O) groups is 2. The van der Waals surface area contributed by atoms with Gasteiger partial charge in [0.15, 0.2) is 0 Å². The lowest BCUT2D eigenvalue weighted by atomic mass is 10.1. The Hall–Kier alpha value is -3.05. The first kappa shape index (κ1) is 24.1. The van der Waals surface area contributed by atoms with Gasteiger partial charge in [-0.2, -0.15) is 4.31 Å². The Kier molecular flexibility index (Phi) is 7.13. The number of sulfonamides is 1. The molecule has 1 N–H and O–H groups in total. The van der Waals surface area contributed by atoms with Crippen LogP contribution in [0.1, 0.15) is 6.42 Å². The Labute approximate surface area is 197 Å². The van der Waals surface area contributed by atoms with E-state index in [9.17, 15) is 26.8 Å². The minimum absolute atomic E-state index is 0.00790. The van der Waals surface area contributed by atoms with E-state index < -0.39 is 27.7 Å². The molecule has 4 rings (SSSR count). The van der Waals surface area contributed by atoms with Crippen LogP contribution in [0.15, 0.2) is 48.5 Å². The zero-order chi connectivity index (χ0) is 24.3. The van der Waals surface area contributed by atoms with E-state index in [1.165, 1.54) is 39.5 Å². The van der Waals surface area contributed by atoms with E-state index in [2.05, 4.69) is 5.32 Å². The standard InChI is InChI=1S/C23H26F2N4O4S/c24-18-5-7-19(8-6-18)29-16-17(15-22(29)30)23(31)26-9-14-34(32,33)28-12-10-27(11-13-28)21-4-2-1-3-20(21)25/h1-8,17H,9-16H2,(H,26,31)/t17-/m0/s1. The summed E-state index contributed by atoms with van der Waals surface area (Å²) < 4.78 is 53.9. The summed E-state index contributed by atoms with van der Waals surface area (Å²) in [6.45, 7) is 1.28. The molecule has 1 atom stereocenters. The zero-order valence-corrected chi connectivity index (χ0v) is 19.3. The van der Waals surface area contributed by atoms with Crippen LogP contribution in [0.25, 0.3) is 0 Å². The number of hydrogen-bond acceptors (Lipinski definition) is 5. The molecule has 2 saturated heterocycles. The van der Waals surface area contributed by atoms with Crippen LogP contribution in [-0.4, -0.2) is 69.6 Å². The van der Waals surface area contributed by atoms with E-state index >= 15 is 0 Å². The number of nitrogens with zero attached hydrogens (tertiary/aromatic N) is 3. The zero-order valence-electron chi connectivity index (χ0n) is 18.5. The van der Waals surface area contributed by atoms with Crippen LogP contribution in [0.2, 0.25) is 0 Å². The molecule has 2 heterocycles. The summed E-state index contributed by atoms with van der Waals surface area (Å²) in [5.41, 5.74) is 0.964. The number of para-hydroxylation sites is 1. The van der Waals surface area contributed by atoms with E-state index in [1.807, 2.05) is 4.90 Å². The second-order valence-corrected chi connectivity index (χ2v) is 10.4. The number of nitrogens with one attached hydrogen (secondary N) is 1. The largest absolute Gasteiger partial charge is 0.367 e. The molecule has 2 fully saturated rings. The van der Waals surface area contributed by atoms with Crippen molar-refractivity contribution in [1.29, 1.82) is 0 Å². The Morgan fingerprint density at radius 3 is 2.35 bits per heavy atom. The van der Waals surface area contributed by atoms with E-state index in [0.717, 1.165) is 0 Å². The van der Waals surface area contributed by atoms with Gasteiger partial charge in [0.1, 0.15) is 11.6 Å². The minimum Gasteiger partial charge on any atom is -0.367 e. The lowest BCUT2D eigenvalue weighted by Gasteiger charge is -2.35. The topological polar surface area (TPSA) is 90.0 Å². The van der Waals surface area contributed by atoms with Crippen LogP contribution < -0.4 is 15.1 Å². The van der Waals surface area contributed by atoms with Crippen molar-refractivity contribution >= 4 is 33.2 Å². The monoisotopic (exact) mass is 492 g/mol. The molecule has 2 aliphatic rings. The van der Waals surface area contributed by atoms with Gasteiger partial charge in [0, 0.05) is 51.4 Å². The highest BCUT2D eigenvalue weighted by Crippen LogP contribution is 2.25. The fourth-order valence-corrected chi connectivity index (χ4v) is 5.58. The van der Waals surface area contributed by atoms with Gasteiger partial charge in [-0.3, -0.25) is 9.59 Å². The maximum Gasteiger partial charge on any atom is 0.227 e. The smallest absolute Gasteiger partial charge is 0.227 e. The van der Waals surface area contributed by atoms with Gasteiger partial charge < -0.3 is 15.1 Å². The van der Waals surface area contributed by atoms with Gasteiger partial charge in [0.05, 0.1) is 17.4 Å². The molecule has 0 spiro atoms. The minimum atomic E-state index is -3.60. The summed E-state index contributed by atoms with van der Waals surface area (Å²) in [4.78, 5) is 28.0. The molecule has 8 nitrogen and oxygen atoms in total. The molecule has 0 unspecified atom stereocenters. The third-order valence-electron chi connectivity index (χ3n) is 6.12. The number of piperazine rings is 1. The molecule has 2 amide bonds. The van der Waals surface area contributed by atoms with Crippen molar-refractivity contribution in [3.05, 3.63) is 60.2 Å². The van der Waals surface area contributed by atoms with Crippen LogP contribution in [0.3, 0.4) is 0 Å². The van der Waals surface area contributed by atoms with Crippen LogP contribution in [0.5, 0.6) is 0 Å². The molecule has 0 saturated carbocycles. The summed E-state index contributed by atoms with van der Waals surface area (Å²) in [7, 11) is -3.60. The molecule has 11 heteroatoms. The summed E-state index contributed by atoms with van der Waals surface area (Å²) in [6.07, 6.45) is 0.00790. The molecule has 2 aromatic carbocycles. The molecular formula is C23H26F2N4O4S. The third kappa shape index (κ3) is 5.36.